The highest BCUT2D eigenvalue weighted by molar-refractivity contribution is 7.90. The summed E-state index contributed by atoms with van der Waals surface area (Å²) in [6, 6.07) is 12.6. The Kier molecular flexibility index (Phi) is 5.05. The zero-order valence-electron chi connectivity index (χ0n) is 17.7. The molecule has 0 aliphatic heterocycles. The van der Waals surface area contributed by atoms with Crippen LogP contribution in [-0.4, -0.2) is 39.2 Å². The number of sulfone groups is 1. The van der Waals surface area contributed by atoms with E-state index in [0.29, 0.717) is 28.0 Å². The standard InChI is InChI=1S/C23H16FN5O4S/c1-34(32,33)19-8-5-14(11-26-19)17-6-7-18-20(27-17)21-16(12-25-18)22(30)28-23(31)29(21)15-4-2-3-13(9-15)10-24/h2-9,11-12H,10H2,1H3,(H,28,30,31). The molecule has 5 aromatic rings. The lowest BCUT2D eigenvalue weighted by atomic mass is 10.1. The van der Waals surface area contributed by atoms with E-state index in [4.69, 9.17) is 0 Å². The predicted molar refractivity (Wildman–Crippen MR) is 124 cm³/mol. The third-order valence-corrected chi connectivity index (χ3v) is 6.31. The highest BCUT2D eigenvalue weighted by Crippen LogP contribution is 2.26. The molecule has 0 unspecified atom stereocenters. The number of aromatic nitrogens is 5. The van der Waals surface area contributed by atoms with Gasteiger partial charge in [0.1, 0.15) is 12.2 Å². The topological polar surface area (TPSA) is 128 Å². The van der Waals surface area contributed by atoms with Crippen molar-refractivity contribution in [3.63, 3.8) is 0 Å². The number of nitrogens with one attached hydrogen (secondary N) is 1. The predicted octanol–water partition coefficient (Wildman–Crippen LogP) is 2.56. The Labute approximate surface area is 191 Å². The number of hydrogen-bond acceptors (Lipinski definition) is 7. The molecule has 0 fully saturated rings. The van der Waals surface area contributed by atoms with E-state index in [1.54, 1.807) is 36.4 Å². The molecule has 4 aromatic heterocycles. The lowest BCUT2D eigenvalue weighted by molar-refractivity contribution is 0.485. The van der Waals surface area contributed by atoms with Crippen LogP contribution in [0.2, 0.25) is 0 Å². The van der Waals surface area contributed by atoms with Crippen LogP contribution in [0.5, 0.6) is 0 Å². The van der Waals surface area contributed by atoms with Gasteiger partial charge >= 0.3 is 5.69 Å². The van der Waals surface area contributed by atoms with Gasteiger partial charge in [0.05, 0.1) is 27.8 Å². The summed E-state index contributed by atoms with van der Waals surface area (Å²) in [5.41, 5.74) is 1.29. The van der Waals surface area contributed by atoms with Crippen LogP contribution in [0.25, 0.3) is 38.9 Å². The Morgan fingerprint density at radius 1 is 1.03 bits per heavy atom. The lowest BCUT2D eigenvalue weighted by Crippen LogP contribution is -2.29. The molecule has 0 radical (unpaired) electrons. The maximum Gasteiger partial charge on any atom is 0.333 e. The molecule has 0 atom stereocenters. The first kappa shape index (κ1) is 21.6. The van der Waals surface area contributed by atoms with Crippen LogP contribution in [0.3, 0.4) is 0 Å². The Balaban J connectivity index is 1.83. The third-order valence-electron chi connectivity index (χ3n) is 5.31. The SMILES string of the molecule is CS(=O)(=O)c1ccc(-c2ccc3ncc4c(=O)[nH]c(=O)n(-c5cccc(CF)c5)c4c3n2)cn1. The van der Waals surface area contributed by atoms with Crippen molar-refractivity contribution in [3.8, 4) is 16.9 Å². The highest BCUT2D eigenvalue weighted by Gasteiger charge is 2.16. The summed E-state index contributed by atoms with van der Waals surface area (Å²) < 4.78 is 38.0. The van der Waals surface area contributed by atoms with Crippen LogP contribution in [-0.2, 0) is 16.5 Å². The summed E-state index contributed by atoms with van der Waals surface area (Å²) in [5.74, 6) is 0. The second kappa shape index (κ2) is 7.96. The number of alkyl halides is 1. The van der Waals surface area contributed by atoms with Crippen molar-refractivity contribution in [3.05, 3.63) is 87.3 Å². The first-order chi connectivity index (χ1) is 16.3. The van der Waals surface area contributed by atoms with Crippen molar-refractivity contribution in [1.82, 2.24) is 24.5 Å². The van der Waals surface area contributed by atoms with Crippen LogP contribution in [0, 0.1) is 0 Å². The molecule has 170 valence electrons. The van der Waals surface area contributed by atoms with Gasteiger partial charge in [-0.15, -0.1) is 0 Å². The van der Waals surface area contributed by atoms with Gasteiger partial charge in [-0.25, -0.2) is 27.6 Å². The second-order valence-corrected chi connectivity index (χ2v) is 9.60. The fourth-order valence-corrected chi connectivity index (χ4v) is 4.26. The smallest absolute Gasteiger partial charge is 0.273 e. The summed E-state index contributed by atoms with van der Waals surface area (Å²) in [5, 5.41) is 0.0604. The minimum absolute atomic E-state index is 0.0720. The Morgan fingerprint density at radius 3 is 2.56 bits per heavy atom. The lowest BCUT2D eigenvalue weighted by Gasteiger charge is -2.12. The molecule has 1 aromatic carbocycles. The van der Waals surface area contributed by atoms with E-state index in [1.807, 2.05) is 0 Å². The van der Waals surface area contributed by atoms with Crippen molar-refractivity contribution >= 4 is 31.8 Å². The molecule has 0 spiro atoms. The molecule has 34 heavy (non-hydrogen) atoms. The summed E-state index contributed by atoms with van der Waals surface area (Å²) in [6.07, 6.45) is 3.80. The highest BCUT2D eigenvalue weighted by atomic mass is 32.2. The van der Waals surface area contributed by atoms with Gasteiger partial charge in [-0.05, 0) is 42.0 Å². The molecule has 0 aliphatic rings. The number of pyridine rings is 3. The number of H-pyrrole nitrogens is 1. The van der Waals surface area contributed by atoms with Gasteiger partial charge in [-0.1, -0.05) is 12.1 Å². The van der Waals surface area contributed by atoms with Crippen molar-refractivity contribution in [2.75, 3.05) is 6.26 Å². The minimum atomic E-state index is -3.46. The van der Waals surface area contributed by atoms with Crippen molar-refractivity contribution < 1.29 is 12.8 Å². The quantitative estimate of drug-likeness (QED) is 0.394. The second-order valence-electron chi connectivity index (χ2n) is 7.64. The number of halogens is 1. The number of rotatable bonds is 4. The summed E-state index contributed by atoms with van der Waals surface area (Å²) in [7, 11) is -3.46. The molecule has 0 aliphatic carbocycles. The molecular formula is C23H16FN5O4S. The number of benzene rings is 1. The van der Waals surface area contributed by atoms with Gasteiger partial charge in [0.15, 0.2) is 14.9 Å². The minimum Gasteiger partial charge on any atom is -0.273 e. The van der Waals surface area contributed by atoms with Gasteiger partial charge in [-0.3, -0.25) is 19.3 Å². The van der Waals surface area contributed by atoms with Gasteiger partial charge in [-0.2, -0.15) is 0 Å². The zero-order valence-corrected chi connectivity index (χ0v) is 18.5. The molecule has 0 saturated carbocycles. The van der Waals surface area contributed by atoms with Crippen LogP contribution in [0.1, 0.15) is 5.56 Å². The number of aromatic amines is 1. The Hall–Kier alpha value is -4.25. The molecule has 11 heteroatoms. The normalized spacial score (nSPS) is 11.8. The molecule has 9 nitrogen and oxygen atoms in total. The van der Waals surface area contributed by atoms with E-state index in [1.165, 1.54) is 29.1 Å². The fraction of sp³-hybridized carbons (Fsp3) is 0.0870. The van der Waals surface area contributed by atoms with Crippen molar-refractivity contribution in [2.24, 2.45) is 0 Å². The average molecular weight is 477 g/mol. The van der Waals surface area contributed by atoms with Crippen molar-refractivity contribution in [1.29, 1.82) is 0 Å². The van der Waals surface area contributed by atoms with E-state index in [9.17, 15) is 22.4 Å². The van der Waals surface area contributed by atoms with E-state index in [0.717, 1.165) is 6.26 Å². The number of hydrogen-bond donors (Lipinski definition) is 1. The van der Waals surface area contributed by atoms with Crippen LogP contribution < -0.4 is 11.2 Å². The average Bonchev–Trinajstić information content (AvgIpc) is 2.83. The Bertz CT molecular complexity index is 1810. The van der Waals surface area contributed by atoms with Crippen LogP contribution in [0.4, 0.5) is 4.39 Å². The van der Waals surface area contributed by atoms with Crippen LogP contribution in [0.15, 0.2) is 75.5 Å². The van der Waals surface area contributed by atoms with Gasteiger partial charge in [0.2, 0.25) is 0 Å². The van der Waals surface area contributed by atoms with E-state index in [2.05, 4.69) is 19.9 Å². The molecule has 0 saturated heterocycles. The maximum atomic E-state index is 13.3. The maximum absolute atomic E-state index is 13.3. The monoisotopic (exact) mass is 477 g/mol. The third kappa shape index (κ3) is 3.65. The summed E-state index contributed by atoms with van der Waals surface area (Å²) in [6.45, 7) is -0.717. The molecule has 0 bridgehead atoms. The zero-order chi connectivity index (χ0) is 24.0. The summed E-state index contributed by atoms with van der Waals surface area (Å²) in [4.78, 5) is 40.7. The van der Waals surface area contributed by atoms with Crippen LogP contribution >= 0.6 is 0 Å². The molecule has 0 amide bonds. The number of nitrogens with zero attached hydrogens (tertiary/aromatic N) is 4. The van der Waals surface area contributed by atoms with Gasteiger partial charge in [0.25, 0.3) is 5.56 Å². The van der Waals surface area contributed by atoms with E-state index in [-0.39, 0.29) is 21.4 Å². The fourth-order valence-electron chi connectivity index (χ4n) is 3.70. The molecular weight excluding hydrogens is 461 g/mol. The van der Waals surface area contributed by atoms with Gasteiger partial charge < -0.3 is 0 Å². The number of fused-ring (bicyclic) bond motifs is 3. The van der Waals surface area contributed by atoms with E-state index >= 15 is 0 Å². The molecule has 5 rings (SSSR count). The Morgan fingerprint density at radius 2 is 1.85 bits per heavy atom. The first-order valence-electron chi connectivity index (χ1n) is 10.0. The molecule has 1 N–H and O–H groups in total. The van der Waals surface area contributed by atoms with E-state index < -0.39 is 27.8 Å². The molecule has 4 heterocycles. The first-order valence-corrected chi connectivity index (χ1v) is 11.9. The van der Waals surface area contributed by atoms with Crippen molar-refractivity contribution in [2.45, 2.75) is 11.7 Å². The summed E-state index contributed by atoms with van der Waals surface area (Å²) >= 11 is 0. The largest absolute Gasteiger partial charge is 0.333 e. The van der Waals surface area contributed by atoms with Gasteiger partial charge in [0, 0.05) is 24.2 Å².